The third kappa shape index (κ3) is 4.17. The molecule has 1 aliphatic heterocycles. The summed E-state index contributed by atoms with van der Waals surface area (Å²) in [7, 11) is 0. The van der Waals surface area contributed by atoms with Gasteiger partial charge in [-0.15, -0.1) is 0 Å². The molecule has 30 heavy (non-hydrogen) atoms. The maximum atomic E-state index is 12.6. The van der Waals surface area contributed by atoms with E-state index in [1.807, 2.05) is 67.6 Å². The normalized spacial score (nSPS) is 16.0. The van der Waals surface area contributed by atoms with Crippen LogP contribution in [0.25, 0.3) is 10.8 Å². The summed E-state index contributed by atoms with van der Waals surface area (Å²) >= 11 is 0. The first-order chi connectivity index (χ1) is 14.5. The van der Waals surface area contributed by atoms with Gasteiger partial charge in [0.05, 0.1) is 11.6 Å². The topological polar surface area (TPSA) is 75.7 Å². The molecule has 6 heteroatoms. The highest BCUT2D eigenvalue weighted by Crippen LogP contribution is 2.32. The molecule has 1 saturated heterocycles. The van der Waals surface area contributed by atoms with Gasteiger partial charge in [0.2, 0.25) is 5.91 Å². The molecular weight excluding hydrogens is 380 g/mol. The van der Waals surface area contributed by atoms with Gasteiger partial charge in [0, 0.05) is 24.0 Å². The number of benzene rings is 3. The summed E-state index contributed by atoms with van der Waals surface area (Å²) in [6.07, 6.45) is 0.0710. The van der Waals surface area contributed by atoms with Gasteiger partial charge in [-0.2, -0.15) is 0 Å². The first kappa shape index (κ1) is 19.6. The zero-order chi connectivity index (χ0) is 21.1. The Hall–Kier alpha value is -3.67. The Labute approximate surface area is 174 Å². The van der Waals surface area contributed by atoms with E-state index >= 15 is 0 Å². The van der Waals surface area contributed by atoms with Crippen LogP contribution in [0.5, 0.6) is 0 Å². The third-order valence-electron chi connectivity index (χ3n) is 5.16. The van der Waals surface area contributed by atoms with E-state index in [1.165, 1.54) is 0 Å². The van der Waals surface area contributed by atoms with Crippen molar-refractivity contribution >= 4 is 39.9 Å². The van der Waals surface area contributed by atoms with Crippen molar-refractivity contribution in [2.45, 2.75) is 13.3 Å². The number of amides is 2. The molecule has 0 radical (unpaired) electrons. The summed E-state index contributed by atoms with van der Waals surface area (Å²) in [6.45, 7) is 1.78. The van der Waals surface area contributed by atoms with Gasteiger partial charge in [0.1, 0.15) is 0 Å². The van der Waals surface area contributed by atoms with Crippen LogP contribution in [0.15, 0.2) is 66.7 Å². The highest BCUT2D eigenvalue weighted by atomic mass is 16.5. The Morgan fingerprint density at radius 3 is 2.67 bits per heavy atom. The summed E-state index contributed by atoms with van der Waals surface area (Å²) in [4.78, 5) is 38.7. The molecule has 3 aromatic rings. The standard InChI is InChI=1S/C24H22N2O4/c1-16-6-4-9-19(12-16)25-22(27)15-30-24(29)18-13-23(28)26(14-18)21-11-5-8-17-7-2-3-10-20(17)21/h2-12,18H,13-15H2,1H3,(H,25,27)/t18-/m0/s1. The van der Waals surface area contributed by atoms with Crippen LogP contribution in [0.4, 0.5) is 11.4 Å². The predicted octanol–water partition coefficient (Wildman–Crippen LogP) is 3.68. The van der Waals surface area contributed by atoms with Crippen LogP contribution >= 0.6 is 0 Å². The number of nitrogens with zero attached hydrogens (tertiary/aromatic N) is 1. The van der Waals surface area contributed by atoms with Crippen molar-refractivity contribution in [2.75, 3.05) is 23.4 Å². The third-order valence-corrected chi connectivity index (χ3v) is 5.16. The van der Waals surface area contributed by atoms with Crippen molar-refractivity contribution in [3.8, 4) is 0 Å². The van der Waals surface area contributed by atoms with E-state index in [0.717, 1.165) is 22.0 Å². The Bertz CT molecular complexity index is 1120. The number of anilines is 2. The highest BCUT2D eigenvalue weighted by molar-refractivity contribution is 6.06. The van der Waals surface area contributed by atoms with Crippen LogP contribution in [0.2, 0.25) is 0 Å². The molecule has 1 N–H and O–H groups in total. The van der Waals surface area contributed by atoms with Gasteiger partial charge in [-0.3, -0.25) is 14.4 Å². The molecule has 2 amide bonds. The van der Waals surface area contributed by atoms with Gasteiger partial charge >= 0.3 is 5.97 Å². The zero-order valence-corrected chi connectivity index (χ0v) is 16.6. The smallest absolute Gasteiger partial charge is 0.311 e. The summed E-state index contributed by atoms with van der Waals surface area (Å²) < 4.78 is 5.18. The minimum Gasteiger partial charge on any atom is -0.455 e. The molecular formula is C24H22N2O4. The summed E-state index contributed by atoms with van der Waals surface area (Å²) in [6, 6.07) is 20.9. The fourth-order valence-corrected chi connectivity index (χ4v) is 3.72. The molecule has 1 heterocycles. The molecule has 4 rings (SSSR count). The molecule has 1 aliphatic rings. The van der Waals surface area contributed by atoms with Crippen LogP contribution < -0.4 is 10.2 Å². The van der Waals surface area contributed by atoms with Gasteiger partial charge in [-0.05, 0) is 36.1 Å². The van der Waals surface area contributed by atoms with E-state index in [1.54, 1.807) is 11.0 Å². The SMILES string of the molecule is Cc1cccc(NC(=O)COC(=O)[C@H]2CC(=O)N(c3cccc4ccccc34)C2)c1. The lowest BCUT2D eigenvalue weighted by Gasteiger charge is -2.18. The van der Waals surface area contributed by atoms with Crippen molar-refractivity contribution in [2.24, 2.45) is 5.92 Å². The van der Waals surface area contributed by atoms with E-state index < -0.39 is 17.8 Å². The van der Waals surface area contributed by atoms with Crippen molar-refractivity contribution in [3.05, 3.63) is 72.3 Å². The van der Waals surface area contributed by atoms with Crippen molar-refractivity contribution in [1.29, 1.82) is 0 Å². The maximum absolute atomic E-state index is 12.6. The molecule has 1 atom stereocenters. The summed E-state index contributed by atoms with van der Waals surface area (Å²) in [5.74, 6) is -1.67. The minimum atomic E-state index is -0.594. The molecule has 0 bridgehead atoms. The van der Waals surface area contributed by atoms with E-state index in [0.29, 0.717) is 5.69 Å². The number of fused-ring (bicyclic) bond motifs is 1. The van der Waals surface area contributed by atoms with Gasteiger partial charge in [0.25, 0.3) is 5.91 Å². The van der Waals surface area contributed by atoms with Crippen LogP contribution in [-0.4, -0.2) is 30.9 Å². The minimum absolute atomic E-state index is 0.0710. The first-order valence-electron chi connectivity index (χ1n) is 9.82. The fraction of sp³-hybridized carbons (Fsp3) is 0.208. The lowest BCUT2D eigenvalue weighted by Crippen LogP contribution is -2.28. The summed E-state index contributed by atoms with van der Waals surface area (Å²) in [5, 5.41) is 4.69. The number of aryl methyl sites for hydroxylation is 1. The molecule has 0 aromatic heterocycles. The Balaban J connectivity index is 1.38. The second-order valence-corrected chi connectivity index (χ2v) is 7.43. The fourth-order valence-electron chi connectivity index (χ4n) is 3.72. The Kier molecular flexibility index (Phi) is 5.48. The number of esters is 1. The molecule has 0 spiro atoms. The number of carbonyl (C=O) groups excluding carboxylic acids is 3. The second kappa shape index (κ2) is 8.37. The maximum Gasteiger partial charge on any atom is 0.311 e. The largest absolute Gasteiger partial charge is 0.455 e. The molecule has 0 unspecified atom stereocenters. The molecule has 6 nitrogen and oxygen atoms in total. The Morgan fingerprint density at radius 1 is 1.07 bits per heavy atom. The van der Waals surface area contributed by atoms with Gasteiger partial charge < -0.3 is 15.0 Å². The molecule has 0 aliphatic carbocycles. The second-order valence-electron chi connectivity index (χ2n) is 7.43. The zero-order valence-electron chi connectivity index (χ0n) is 16.6. The first-order valence-corrected chi connectivity index (χ1v) is 9.82. The van der Waals surface area contributed by atoms with Crippen LogP contribution in [0, 0.1) is 12.8 Å². The number of ether oxygens (including phenoxy) is 1. The van der Waals surface area contributed by atoms with Crippen LogP contribution in [0.1, 0.15) is 12.0 Å². The average Bonchev–Trinajstić information content (AvgIpc) is 3.13. The molecule has 3 aromatic carbocycles. The van der Waals surface area contributed by atoms with Gasteiger partial charge in [-0.25, -0.2) is 0 Å². The highest BCUT2D eigenvalue weighted by Gasteiger charge is 2.36. The van der Waals surface area contributed by atoms with E-state index in [-0.39, 0.29) is 25.5 Å². The number of rotatable bonds is 5. The number of hydrogen-bond donors (Lipinski definition) is 1. The average molecular weight is 402 g/mol. The Morgan fingerprint density at radius 2 is 1.83 bits per heavy atom. The molecule has 0 saturated carbocycles. The number of carbonyl (C=O) groups is 3. The van der Waals surface area contributed by atoms with Crippen molar-refractivity contribution in [1.82, 2.24) is 0 Å². The van der Waals surface area contributed by atoms with Crippen LogP contribution in [-0.2, 0) is 19.1 Å². The van der Waals surface area contributed by atoms with Crippen molar-refractivity contribution < 1.29 is 19.1 Å². The lowest BCUT2D eigenvalue weighted by atomic mass is 10.1. The number of hydrogen-bond acceptors (Lipinski definition) is 4. The predicted molar refractivity (Wildman–Crippen MR) is 115 cm³/mol. The quantitative estimate of drug-likeness (QED) is 0.661. The van der Waals surface area contributed by atoms with Crippen molar-refractivity contribution in [3.63, 3.8) is 0 Å². The van der Waals surface area contributed by atoms with Gasteiger partial charge in [-0.1, -0.05) is 48.5 Å². The van der Waals surface area contributed by atoms with Gasteiger partial charge in [0.15, 0.2) is 6.61 Å². The molecule has 152 valence electrons. The van der Waals surface area contributed by atoms with Crippen LogP contribution in [0.3, 0.4) is 0 Å². The van der Waals surface area contributed by atoms with E-state index in [4.69, 9.17) is 4.74 Å². The lowest BCUT2D eigenvalue weighted by molar-refractivity contribution is -0.151. The molecule has 1 fully saturated rings. The monoisotopic (exact) mass is 402 g/mol. The number of nitrogens with one attached hydrogen (secondary N) is 1. The summed E-state index contributed by atoms with van der Waals surface area (Å²) in [5.41, 5.74) is 2.45. The van der Waals surface area contributed by atoms with E-state index in [9.17, 15) is 14.4 Å². The van der Waals surface area contributed by atoms with E-state index in [2.05, 4.69) is 5.32 Å².